The van der Waals surface area contributed by atoms with Crippen molar-refractivity contribution in [1.82, 2.24) is 0 Å². The van der Waals surface area contributed by atoms with Crippen LogP contribution in [0.4, 0.5) is 0 Å². The molecule has 1 N–H and O–H groups in total. The highest BCUT2D eigenvalue weighted by molar-refractivity contribution is 5.88. The van der Waals surface area contributed by atoms with Gasteiger partial charge in [-0.25, -0.2) is 9.59 Å². The Balaban J connectivity index is 1.27. The lowest BCUT2D eigenvalue weighted by atomic mass is 9.68. The lowest BCUT2D eigenvalue weighted by molar-refractivity contribution is -0.140. The number of aliphatic hydroxyl groups excluding tert-OH is 1. The average molecular weight is 621 g/mol. The zero-order valence-electron chi connectivity index (χ0n) is 28.3. The van der Waals surface area contributed by atoms with Crippen LogP contribution in [0.2, 0.25) is 0 Å². The Morgan fingerprint density at radius 3 is 2.20 bits per heavy atom. The minimum absolute atomic E-state index is 0.0725. The lowest BCUT2D eigenvalue weighted by Crippen LogP contribution is -2.27. The van der Waals surface area contributed by atoms with Crippen molar-refractivity contribution in [3.8, 4) is 0 Å². The van der Waals surface area contributed by atoms with Crippen LogP contribution in [0, 0.1) is 29.6 Å². The summed E-state index contributed by atoms with van der Waals surface area (Å²) in [7, 11) is 0. The van der Waals surface area contributed by atoms with E-state index >= 15 is 0 Å². The van der Waals surface area contributed by atoms with E-state index in [4.69, 9.17) is 14.6 Å². The molecule has 3 aliphatic carbocycles. The van der Waals surface area contributed by atoms with Gasteiger partial charge in [0.2, 0.25) is 0 Å². The van der Waals surface area contributed by atoms with E-state index in [9.17, 15) is 9.59 Å². The summed E-state index contributed by atoms with van der Waals surface area (Å²) < 4.78 is 10.8. The first-order chi connectivity index (χ1) is 21.8. The summed E-state index contributed by atoms with van der Waals surface area (Å²) in [6, 6.07) is 7.44. The fraction of sp³-hybridized carbons (Fsp3) is 0.700. The van der Waals surface area contributed by atoms with Gasteiger partial charge < -0.3 is 14.6 Å². The number of esters is 2. The molecule has 0 aliphatic heterocycles. The Kier molecular flexibility index (Phi) is 14.2. The maximum atomic E-state index is 12.0. The number of carbonyl (C=O) groups excluding carboxylic acids is 2. The van der Waals surface area contributed by atoms with Gasteiger partial charge in [0.15, 0.2) is 0 Å². The van der Waals surface area contributed by atoms with Crippen molar-refractivity contribution in [3.63, 3.8) is 0 Å². The average Bonchev–Trinajstić information content (AvgIpc) is 3.07. The molecule has 2 fully saturated rings. The van der Waals surface area contributed by atoms with Gasteiger partial charge >= 0.3 is 11.9 Å². The largest absolute Gasteiger partial charge is 0.462 e. The predicted octanol–water partition coefficient (Wildman–Crippen LogP) is 9.06. The fourth-order valence-electron chi connectivity index (χ4n) is 8.53. The second-order valence-corrected chi connectivity index (χ2v) is 14.6. The van der Waals surface area contributed by atoms with Crippen LogP contribution in [0.5, 0.6) is 0 Å². The number of aryl methyl sites for hydroxylation is 1. The molecular formula is C40H60O5. The van der Waals surface area contributed by atoms with Gasteiger partial charge in [0.25, 0.3) is 0 Å². The molecule has 2 unspecified atom stereocenters. The summed E-state index contributed by atoms with van der Waals surface area (Å²) in [5.41, 5.74) is 5.20. The molecule has 3 aliphatic rings. The molecule has 2 atom stereocenters. The standard InChI is InChI=1S/C40H60O5/c1-5-6-7-8-30-9-11-32(12-10-30)35-17-19-38-26-36(18-20-37(38)25-35)33-15-13-31(14-16-33)34(21-23-44-39(42)28(2)3)22-24-45-40(43)29(4)27-41/h18,20,26,30-35,41H,2,4-17,19,21-25,27H2,1,3H3. The Labute approximate surface area is 273 Å². The monoisotopic (exact) mass is 620 g/mol. The number of hydrogen-bond donors (Lipinski definition) is 1. The van der Waals surface area contributed by atoms with E-state index in [1.807, 2.05) is 0 Å². The second-order valence-electron chi connectivity index (χ2n) is 14.6. The highest BCUT2D eigenvalue weighted by atomic mass is 16.5. The van der Waals surface area contributed by atoms with Crippen LogP contribution >= 0.6 is 0 Å². The Morgan fingerprint density at radius 1 is 0.867 bits per heavy atom. The van der Waals surface area contributed by atoms with Crippen molar-refractivity contribution in [2.24, 2.45) is 29.6 Å². The number of hydrogen-bond acceptors (Lipinski definition) is 5. The molecule has 2 saturated carbocycles. The Hall–Kier alpha value is -2.40. The molecule has 0 aromatic heterocycles. The van der Waals surface area contributed by atoms with E-state index in [-0.39, 0.29) is 18.1 Å². The summed E-state index contributed by atoms with van der Waals surface area (Å²) in [5.74, 6) is 3.30. The first kappa shape index (κ1) is 35.5. The van der Waals surface area contributed by atoms with Crippen LogP contribution in [0.25, 0.3) is 0 Å². The van der Waals surface area contributed by atoms with Crippen molar-refractivity contribution in [1.29, 1.82) is 0 Å². The molecule has 1 aromatic carbocycles. The third kappa shape index (κ3) is 10.6. The zero-order chi connectivity index (χ0) is 32.2. The SMILES string of the molecule is C=C(C)C(=O)OCCC(CCOC(=O)C(=C)CO)C1CCC(c2ccc3c(c2)CCC(C2CCC(CCCCC)CC2)C3)CC1. The van der Waals surface area contributed by atoms with Gasteiger partial charge in [0.1, 0.15) is 0 Å². The number of aliphatic hydroxyl groups is 1. The molecule has 0 amide bonds. The third-order valence-corrected chi connectivity index (χ3v) is 11.5. The van der Waals surface area contributed by atoms with E-state index in [0.29, 0.717) is 36.4 Å². The van der Waals surface area contributed by atoms with Crippen molar-refractivity contribution >= 4 is 11.9 Å². The van der Waals surface area contributed by atoms with Crippen LogP contribution in [0.1, 0.15) is 133 Å². The van der Waals surface area contributed by atoms with E-state index in [1.54, 1.807) is 18.1 Å². The Morgan fingerprint density at radius 2 is 1.56 bits per heavy atom. The second kappa shape index (κ2) is 18.1. The highest BCUT2D eigenvalue weighted by Gasteiger charge is 2.32. The number of unbranched alkanes of at least 4 members (excludes halogenated alkanes) is 2. The number of ether oxygens (including phenoxy) is 2. The number of carbonyl (C=O) groups is 2. The Bertz CT molecular complexity index is 1120. The van der Waals surface area contributed by atoms with Gasteiger partial charge in [0, 0.05) is 5.57 Å². The summed E-state index contributed by atoms with van der Waals surface area (Å²) in [6.45, 7) is 11.4. The number of rotatable bonds is 16. The topological polar surface area (TPSA) is 72.8 Å². The molecule has 4 rings (SSSR count). The molecule has 250 valence electrons. The highest BCUT2D eigenvalue weighted by Crippen LogP contribution is 2.44. The molecule has 45 heavy (non-hydrogen) atoms. The zero-order valence-corrected chi connectivity index (χ0v) is 28.3. The molecule has 0 saturated heterocycles. The predicted molar refractivity (Wildman–Crippen MR) is 182 cm³/mol. The minimum atomic E-state index is -0.544. The van der Waals surface area contributed by atoms with Gasteiger partial charge in [-0.15, -0.1) is 0 Å². The van der Waals surface area contributed by atoms with Gasteiger partial charge in [0.05, 0.1) is 25.4 Å². The first-order valence-corrected chi connectivity index (χ1v) is 18.2. The van der Waals surface area contributed by atoms with Gasteiger partial charge in [-0.1, -0.05) is 76.8 Å². The summed E-state index contributed by atoms with van der Waals surface area (Å²) >= 11 is 0. The van der Waals surface area contributed by atoms with Crippen molar-refractivity contribution in [2.75, 3.05) is 19.8 Å². The van der Waals surface area contributed by atoms with Gasteiger partial charge in [-0.2, -0.15) is 0 Å². The summed E-state index contributed by atoms with van der Waals surface area (Å²) in [4.78, 5) is 23.9. The van der Waals surface area contributed by atoms with Crippen LogP contribution < -0.4 is 0 Å². The van der Waals surface area contributed by atoms with Crippen LogP contribution in [-0.4, -0.2) is 36.9 Å². The fourth-order valence-corrected chi connectivity index (χ4v) is 8.53. The smallest absolute Gasteiger partial charge is 0.335 e. The van der Waals surface area contributed by atoms with E-state index in [0.717, 1.165) is 49.9 Å². The van der Waals surface area contributed by atoms with Crippen LogP contribution in [0.3, 0.4) is 0 Å². The molecule has 5 heteroatoms. The quantitative estimate of drug-likeness (QED) is 0.113. The summed E-state index contributed by atoms with van der Waals surface area (Å²) in [6.07, 6.45) is 21.4. The minimum Gasteiger partial charge on any atom is -0.462 e. The molecule has 5 nitrogen and oxygen atoms in total. The van der Waals surface area contributed by atoms with Crippen LogP contribution in [-0.2, 0) is 31.9 Å². The van der Waals surface area contributed by atoms with Crippen LogP contribution in [0.15, 0.2) is 42.5 Å². The summed E-state index contributed by atoms with van der Waals surface area (Å²) in [5, 5.41) is 9.16. The van der Waals surface area contributed by atoms with Crippen molar-refractivity contribution in [2.45, 2.75) is 129 Å². The van der Waals surface area contributed by atoms with Gasteiger partial charge in [-0.05, 0) is 130 Å². The molecule has 0 spiro atoms. The van der Waals surface area contributed by atoms with Gasteiger partial charge in [-0.3, -0.25) is 0 Å². The number of fused-ring (bicyclic) bond motifs is 1. The lowest BCUT2D eigenvalue weighted by Gasteiger charge is -2.37. The molecular weight excluding hydrogens is 560 g/mol. The normalized spacial score (nSPS) is 25.5. The van der Waals surface area contributed by atoms with Crippen molar-refractivity contribution in [3.05, 3.63) is 59.2 Å². The van der Waals surface area contributed by atoms with Crippen molar-refractivity contribution < 1.29 is 24.2 Å². The first-order valence-electron chi connectivity index (χ1n) is 18.2. The maximum absolute atomic E-state index is 12.0. The molecule has 0 bridgehead atoms. The van der Waals surface area contributed by atoms with E-state index < -0.39 is 12.6 Å². The molecule has 0 radical (unpaired) electrons. The third-order valence-electron chi connectivity index (χ3n) is 11.5. The maximum Gasteiger partial charge on any atom is 0.335 e. The van der Waals surface area contributed by atoms with E-state index in [1.165, 1.54) is 76.2 Å². The van der Waals surface area contributed by atoms with E-state index in [2.05, 4.69) is 38.3 Å². The number of benzene rings is 1. The molecule has 1 aromatic rings. The molecule has 0 heterocycles.